The number of aryl methyl sites for hydroxylation is 1. The molecule has 3 aromatic rings. The van der Waals surface area contributed by atoms with Crippen LogP contribution in [0, 0.1) is 6.92 Å². The van der Waals surface area contributed by atoms with Gasteiger partial charge in [-0.3, -0.25) is 10.1 Å². The number of nitrogens with zero attached hydrogens (tertiary/aromatic N) is 2. The van der Waals surface area contributed by atoms with Crippen LogP contribution in [0.25, 0.3) is 0 Å². The third kappa shape index (κ3) is 5.31. The van der Waals surface area contributed by atoms with Crippen molar-refractivity contribution in [3.8, 4) is 5.75 Å². The first-order valence-electron chi connectivity index (χ1n) is 8.14. The normalized spacial score (nSPS) is 11.8. The lowest BCUT2D eigenvalue weighted by molar-refractivity contribution is -0.122. The number of nitrogens with one attached hydrogen (secondary N) is 1. The third-order valence-corrected chi connectivity index (χ3v) is 5.56. The SMILES string of the molecule is Cc1cccc(O[C@@H](C)C(=O)Nc2nnc(SCc3ccccc3)s2)c1. The van der Waals surface area contributed by atoms with Gasteiger partial charge in [0.05, 0.1) is 0 Å². The number of aromatic nitrogens is 2. The van der Waals surface area contributed by atoms with Crippen molar-refractivity contribution in [2.75, 3.05) is 5.32 Å². The number of hydrogen-bond acceptors (Lipinski definition) is 6. The van der Waals surface area contributed by atoms with Crippen LogP contribution in [0.1, 0.15) is 18.1 Å². The highest BCUT2D eigenvalue weighted by Crippen LogP contribution is 2.28. The van der Waals surface area contributed by atoms with Crippen molar-refractivity contribution in [1.29, 1.82) is 0 Å². The Morgan fingerprint density at radius 3 is 2.77 bits per heavy atom. The van der Waals surface area contributed by atoms with E-state index in [2.05, 4.69) is 27.6 Å². The summed E-state index contributed by atoms with van der Waals surface area (Å²) in [5.74, 6) is 1.24. The molecule has 2 aromatic carbocycles. The van der Waals surface area contributed by atoms with E-state index >= 15 is 0 Å². The first kappa shape index (κ1) is 18.4. The van der Waals surface area contributed by atoms with E-state index in [1.165, 1.54) is 16.9 Å². The molecule has 1 aromatic heterocycles. The van der Waals surface area contributed by atoms with Crippen LogP contribution >= 0.6 is 23.1 Å². The van der Waals surface area contributed by atoms with E-state index in [4.69, 9.17) is 4.74 Å². The van der Waals surface area contributed by atoms with Crippen LogP contribution in [0.5, 0.6) is 5.75 Å². The molecule has 3 rings (SSSR count). The van der Waals surface area contributed by atoms with Gasteiger partial charge in [0.2, 0.25) is 5.13 Å². The molecule has 0 unspecified atom stereocenters. The van der Waals surface area contributed by atoms with Gasteiger partial charge in [0.15, 0.2) is 10.4 Å². The number of carbonyl (C=O) groups is 1. The van der Waals surface area contributed by atoms with Gasteiger partial charge in [0.25, 0.3) is 5.91 Å². The molecule has 0 saturated carbocycles. The third-order valence-electron chi connectivity index (χ3n) is 3.51. The molecule has 1 heterocycles. The zero-order valence-electron chi connectivity index (χ0n) is 14.5. The molecule has 0 spiro atoms. The van der Waals surface area contributed by atoms with Crippen LogP contribution in [0.4, 0.5) is 5.13 Å². The summed E-state index contributed by atoms with van der Waals surface area (Å²) in [6.07, 6.45) is -0.624. The van der Waals surface area contributed by atoms with E-state index in [9.17, 15) is 4.79 Å². The molecule has 1 amide bonds. The minimum atomic E-state index is -0.624. The van der Waals surface area contributed by atoms with Gasteiger partial charge < -0.3 is 4.74 Å². The van der Waals surface area contributed by atoms with E-state index < -0.39 is 6.10 Å². The highest BCUT2D eigenvalue weighted by molar-refractivity contribution is 8.00. The van der Waals surface area contributed by atoms with Gasteiger partial charge in [-0.1, -0.05) is 65.6 Å². The Hall–Kier alpha value is -2.38. The van der Waals surface area contributed by atoms with E-state index in [1.807, 2.05) is 49.4 Å². The van der Waals surface area contributed by atoms with Crippen molar-refractivity contribution in [2.24, 2.45) is 0 Å². The number of benzene rings is 2. The van der Waals surface area contributed by atoms with Gasteiger partial charge in [0, 0.05) is 5.75 Å². The Bertz CT molecular complexity index is 868. The molecule has 0 aliphatic carbocycles. The van der Waals surface area contributed by atoms with Crippen molar-refractivity contribution in [3.63, 3.8) is 0 Å². The number of amides is 1. The second kappa shape index (κ2) is 8.82. The number of ether oxygens (including phenoxy) is 1. The number of anilines is 1. The van der Waals surface area contributed by atoms with Gasteiger partial charge in [-0.2, -0.15) is 0 Å². The van der Waals surface area contributed by atoms with Crippen molar-refractivity contribution in [3.05, 3.63) is 65.7 Å². The Balaban J connectivity index is 1.52. The number of thioether (sulfide) groups is 1. The van der Waals surface area contributed by atoms with Crippen molar-refractivity contribution in [1.82, 2.24) is 10.2 Å². The molecule has 0 radical (unpaired) electrons. The molecular weight excluding hydrogens is 366 g/mol. The molecular formula is C19H19N3O2S2. The monoisotopic (exact) mass is 385 g/mol. The lowest BCUT2D eigenvalue weighted by atomic mass is 10.2. The lowest BCUT2D eigenvalue weighted by Gasteiger charge is -2.13. The minimum Gasteiger partial charge on any atom is -0.481 e. The lowest BCUT2D eigenvalue weighted by Crippen LogP contribution is -2.30. The Labute approximate surface area is 160 Å². The van der Waals surface area contributed by atoms with Crippen LogP contribution in [0.3, 0.4) is 0 Å². The van der Waals surface area contributed by atoms with Crippen molar-refractivity contribution >= 4 is 34.1 Å². The fourth-order valence-electron chi connectivity index (χ4n) is 2.19. The summed E-state index contributed by atoms with van der Waals surface area (Å²) >= 11 is 2.96. The van der Waals surface area contributed by atoms with E-state index in [0.29, 0.717) is 10.9 Å². The maximum atomic E-state index is 12.3. The number of hydrogen-bond donors (Lipinski definition) is 1. The second-order valence-corrected chi connectivity index (χ2v) is 7.91. The molecule has 0 saturated heterocycles. The molecule has 134 valence electrons. The fraction of sp³-hybridized carbons (Fsp3) is 0.211. The van der Waals surface area contributed by atoms with Gasteiger partial charge >= 0.3 is 0 Å². The zero-order chi connectivity index (χ0) is 18.4. The molecule has 0 aliphatic rings. The van der Waals surface area contributed by atoms with Crippen LogP contribution in [-0.2, 0) is 10.5 Å². The van der Waals surface area contributed by atoms with Gasteiger partial charge in [0.1, 0.15) is 5.75 Å². The quantitative estimate of drug-likeness (QED) is 0.478. The molecule has 1 atom stereocenters. The van der Waals surface area contributed by atoms with Crippen molar-refractivity contribution in [2.45, 2.75) is 30.0 Å². The largest absolute Gasteiger partial charge is 0.481 e. The summed E-state index contributed by atoms with van der Waals surface area (Å²) in [5, 5.41) is 11.4. The fourth-order valence-corrected chi connectivity index (χ4v) is 3.90. The zero-order valence-corrected chi connectivity index (χ0v) is 16.1. The van der Waals surface area contributed by atoms with E-state index in [0.717, 1.165) is 15.7 Å². The summed E-state index contributed by atoms with van der Waals surface area (Å²) in [6.45, 7) is 3.69. The molecule has 0 fully saturated rings. The van der Waals surface area contributed by atoms with E-state index in [-0.39, 0.29) is 5.91 Å². The Morgan fingerprint density at radius 1 is 1.19 bits per heavy atom. The number of carbonyl (C=O) groups excluding carboxylic acids is 1. The highest BCUT2D eigenvalue weighted by atomic mass is 32.2. The summed E-state index contributed by atoms with van der Waals surface area (Å²) in [6, 6.07) is 17.8. The number of rotatable bonds is 7. The van der Waals surface area contributed by atoms with E-state index in [1.54, 1.807) is 18.7 Å². The second-order valence-electron chi connectivity index (χ2n) is 5.71. The topological polar surface area (TPSA) is 64.1 Å². The average molecular weight is 386 g/mol. The van der Waals surface area contributed by atoms with Crippen LogP contribution < -0.4 is 10.1 Å². The maximum absolute atomic E-state index is 12.3. The Morgan fingerprint density at radius 2 is 2.00 bits per heavy atom. The predicted molar refractivity (Wildman–Crippen MR) is 106 cm³/mol. The molecule has 7 heteroatoms. The van der Waals surface area contributed by atoms with Gasteiger partial charge in [-0.15, -0.1) is 10.2 Å². The van der Waals surface area contributed by atoms with Crippen molar-refractivity contribution < 1.29 is 9.53 Å². The van der Waals surface area contributed by atoms with Gasteiger partial charge in [-0.05, 0) is 37.1 Å². The molecule has 1 N–H and O–H groups in total. The smallest absolute Gasteiger partial charge is 0.266 e. The average Bonchev–Trinajstić information content (AvgIpc) is 3.08. The summed E-state index contributed by atoms with van der Waals surface area (Å²) in [5.41, 5.74) is 2.30. The molecule has 5 nitrogen and oxygen atoms in total. The predicted octanol–water partition coefficient (Wildman–Crippen LogP) is 4.54. The minimum absolute atomic E-state index is 0.248. The highest BCUT2D eigenvalue weighted by Gasteiger charge is 2.17. The standard InChI is InChI=1S/C19H19N3O2S2/c1-13-7-6-10-16(11-13)24-14(2)17(23)20-18-21-22-19(26-18)25-12-15-8-4-3-5-9-15/h3-11,14H,12H2,1-2H3,(H,20,21,23)/t14-/m0/s1. The molecule has 26 heavy (non-hydrogen) atoms. The van der Waals surface area contributed by atoms with Crippen LogP contribution in [0.2, 0.25) is 0 Å². The first-order chi connectivity index (χ1) is 12.6. The molecule has 0 bridgehead atoms. The Kier molecular flexibility index (Phi) is 6.25. The maximum Gasteiger partial charge on any atom is 0.266 e. The summed E-state index contributed by atoms with van der Waals surface area (Å²) in [4.78, 5) is 12.3. The van der Waals surface area contributed by atoms with Crippen LogP contribution in [-0.4, -0.2) is 22.2 Å². The van der Waals surface area contributed by atoms with Gasteiger partial charge in [-0.25, -0.2) is 0 Å². The van der Waals surface area contributed by atoms with Crippen LogP contribution in [0.15, 0.2) is 58.9 Å². The summed E-state index contributed by atoms with van der Waals surface area (Å²) in [7, 11) is 0. The first-order valence-corrected chi connectivity index (χ1v) is 9.95. The summed E-state index contributed by atoms with van der Waals surface area (Å²) < 4.78 is 6.50. The molecule has 0 aliphatic heterocycles.